The van der Waals surface area contributed by atoms with E-state index in [2.05, 4.69) is 10.3 Å². The Morgan fingerprint density at radius 1 is 1.60 bits per heavy atom. The van der Waals surface area contributed by atoms with Gasteiger partial charge in [0.1, 0.15) is 0 Å². The largest absolute Gasteiger partial charge is 0.389 e. The van der Waals surface area contributed by atoms with Crippen LogP contribution < -0.4 is 0 Å². The Balaban J connectivity index is 2.57. The summed E-state index contributed by atoms with van der Waals surface area (Å²) in [6.07, 6.45) is 3.31. The zero-order valence-corrected chi connectivity index (χ0v) is 6.15. The Kier molecular flexibility index (Phi) is 1.72. The fraction of sp³-hybridized carbons (Fsp3) is 0.667. The predicted molar refractivity (Wildman–Crippen MR) is 36.3 cm³/mol. The Bertz CT molecular complexity index is 187. The molecule has 0 amide bonds. The highest BCUT2D eigenvalue weighted by Crippen LogP contribution is 2.02. The van der Waals surface area contributed by atoms with Crippen molar-refractivity contribution in [3.8, 4) is 0 Å². The fourth-order valence-electron chi connectivity index (χ4n) is 0.713. The lowest BCUT2D eigenvalue weighted by Gasteiger charge is -2.15. The van der Waals surface area contributed by atoms with E-state index in [1.807, 2.05) is 0 Å². The number of rotatable bonds is 2. The molecular weight excluding hydrogens is 130 g/mol. The molecular formula is C6H11N3O. The third-order valence-corrected chi connectivity index (χ3v) is 1.02. The molecule has 4 heteroatoms. The lowest BCUT2D eigenvalue weighted by molar-refractivity contribution is 0.0571. The topological polar surface area (TPSA) is 50.9 Å². The van der Waals surface area contributed by atoms with E-state index in [4.69, 9.17) is 0 Å². The van der Waals surface area contributed by atoms with Crippen molar-refractivity contribution in [3.05, 3.63) is 12.4 Å². The molecule has 0 aliphatic rings. The second-order valence-electron chi connectivity index (χ2n) is 2.91. The highest BCUT2D eigenvalue weighted by atomic mass is 16.3. The van der Waals surface area contributed by atoms with Crippen molar-refractivity contribution in [3.63, 3.8) is 0 Å². The first-order valence-corrected chi connectivity index (χ1v) is 3.14. The van der Waals surface area contributed by atoms with Gasteiger partial charge in [0.05, 0.1) is 18.3 Å². The standard InChI is InChI=1S/C6H11N3O/c1-6(2,10)5-9-4-3-7-8-9/h3-4,10H,5H2,1-2H3. The number of aromatic nitrogens is 3. The molecule has 0 aliphatic carbocycles. The van der Waals surface area contributed by atoms with E-state index in [0.717, 1.165) is 0 Å². The van der Waals surface area contributed by atoms with Crippen molar-refractivity contribution < 1.29 is 5.11 Å². The third-order valence-electron chi connectivity index (χ3n) is 1.02. The van der Waals surface area contributed by atoms with Crippen LogP contribution in [0.3, 0.4) is 0 Å². The molecule has 56 valence electrons. The summed E-state index contributed by atoms with van der Waals surface area (Å²) >= 11 is 0. The summed E-state index contributed by atoms with van der Waals surface area (Å²) in [5, 5.41) is 16.6. The van der Waals surface area contributed by atoms with Crippen LogP contribution in [0, 0.1) is 0 Å². The summed E-state index contributed by atoms with van der Waals surface area (Å²) in [5.41, 5.74) is -0.715. The van der Waals surface area contributed by atoms with Crippen LogP contribution in [0.15, 0.2) is 12.4 Å². The smallest absolute Gasteiger partial charge is 0.0787 e. The van der Waals surface area contributed by atoms with Crippen LogP contribution in [0.2, 0.25) is 0 Å². The molecule has 0 unspecified atom stereocenters. The highest BCUT2D eigenvalue weighted by Gasteiger charge is 2.12. The summed E-state index contributed by atoms with van der Waals surface area (Å²) in [6, 6.07) is 0. The van der Waals surface area contributed by atoms with Crippen LogP contribution in [-0.2, 0) is 6.54 Å². The number of nitrogens with zero attached hydrogens (tertiary/aromatic N) is 3. The van der Waals surface area contributed by atoms with Gasteiger partial charge in [-0.25, -0.2) is 4.68 Å². The monoisotopic (exact) mass is 141 g/mol. The molecule has 0 aromatic carbocycles. The normalized spacial score (nSPS) is 11.9. The third kappa shape index (κ3) is 2.14. The molecule has 0 saturated heterocycles. The van der Waals surface area contributed by atoms with Crippen LogP contribution in [0.5, 0.6) is 0 Å². The lowest BCUT2D eigenvalue weighted by Crippen LogP contribution is -2.26. The van der Waals surface area contributed by atoms with Gasteiger partial charge < -0.3 is 5.11 Å². The highest BCUT2D eigenvalue weighted by molar-refractivity contribution is 4.70. The first kappa shape index (κ1) is 7.21. The zero-order valence-electron chi connectivity index (χ0n) is 6.15. The first-order valence-electron chi connectivity index (χ1n) is 3.14. The molecule has 0 spiro atoms. The van der Waals surface area contributed by atoms with Crippen molar-refractivity contribution in [1.82, 2.24) is 15.0 Å². The summed E-state index contributed by atoms with van der Waals surface area (Å²) in [7, 11) is 0. The molecule has 1 aromatic rings. The molecule has 0 fully saturated rings. The molecule has 1 N–H and O–H groups in total. The maximum Gasteiger partial charge on any atom is 0.0787 e. The molecule has 1 aromatic heterocycles. The molecule has 1 rings (SSSR count). The summed E-state index contributed by atoms with van der Waals surface area (Å²) in [6.45, 7) is 3.94. The van der Waals surface area contributed by atoms with Crippen molar-refractivity contribution in [2.75, 3.05) is 0 Å². The van der Waals surface area contributed by atoms with Gasteiger partial charge in [0.15, 0.2) is 0 Å². The van der Waals surface area contributed by atoms with Gasteiger partial charge in [-0.15, -0.1) is 5.10 Å². The van der Waals surface area contributed by atoms with Crippen molar-refractivity contribution in [1.29, 1.82) is 0 Å². The van der Waals surface area contributed by atoms with E-state index < -0.39 is 5.60 Å². The Hall–Kier alpha value is -0.900. The molecule has 0 aliphatic heterocycles. The molecule has 0 atom stereocenters. The van der Waals surface area contributed by atoms with Gasteiger partial charge in [-0.1, -0.05) is 5.21 Å². The van der Waals surface area contributed by atoms with Gasteiger partial charge in [0.2, 0.25) is 0 Å². The molecule has 10 heavy (non-hydrogen) atoms. The van der Waals surface area contributed by atoms with Crippen molar-refractivity contribution >= 4 is 0 Å². The summed E-state index contributed by atoms with van der Waals surface area (Å²) < 4.78 is 1.60. The van der Waals surface area contributed by atoms with Gasteiger partial charge in [0, 0.05) is 6.20 Å². The molecule has 0 bridgehead atoms. The van der Waals surface area contributed by atoms with E-state index in [-0.39, 0.29) is 0 Å². The summed E-state index contributed by atoms with van der Waals surface area (Å²) in [4.78, 5) is 0. The van der Waals surface area contributed by atoms with Gasteiger partial charge >= 0.3 is 0 Å². The maximum absolute atomic E-state index is 9.30. The molecule has 1 heterocycles. The van der Waals surface area contributed by atoms with E-state index in [9.17, 15) is 5.11 Å². The van der Waals surface area contributed by atoms with E-state index in [1.165, 1.54) is 0 Å². The van der Waals surface area contributed by atoms with Gasteiger partial charge in [0.25, 0.3) is 0 Å². The van der Waals surface area contributed by atoms with Crippen LogP contribution >= 0.6 is 0 Å². The van der Waals surface area contributed by atoms with E-state index >= 15 is 0 Å². The van der Waals surface area contributed by atoms with E-state index in [1.54, 1.807) is 30.9 Å². The van der Waals surface area contributed by atoms with Gasteiger partial charge in [-0.2, -0.15) is 0 Å². The molecule has 4 nitrogen and oxygen atoms in total. The second kappa shape index (κ2) is 2.38. The molecule has 0 radical (unpaired) electrons. The lowest BCUT2D eigenvalue weighted by atomic mass is 10.1. The second-order valence-corrected chi connectivity index (χ2v) is 2.91. The van der Waals surface area contributed by atoms with Crippen molar-refractivity contribution in [2.24, 2.45) is 0 Å². The Morgan fingerprint density at radius 2 is 2.30 bits per heavy atom. The Morgan fingerprint density at radius 3 is 2.70 bits per heavy atom. The van der Waals surface area contributed by atoms with Crippen LogP contribution in [0.4, 0.5) is 0 Å². The average Bonchev–Trinajstić information content (AvgIpc) is 2.12. The van der Waals surface area contributed by atoms with Crippen LogP contribution in [-0.4, -0.2) is 25.7 Å². The first-order chi connectivity index (χ1) is 4.58. The number of aliphatic hydroxyl groups is 1. The number of hydrogen-bond donors (Lipinski definition) is 1. The van der Waals surface area contributed by atoms with Gasteiger partial charge in [-0.05, 0) is 13.8 Å². The average molecular weight is 141 g/mol. The van der Waals surface area contributed by atoms with Crippen molar-refractivity contribution in [2.45, 2.75) is 26.0 Å². The SMILES string of the molecule is CC(C)(O)Cn1ccnn1. The van der Waals surface area contributed by atoms with Gasteiger partial charge in [-0.3, -0.25) is 0 Å². The minimum absolute atomic E-state index is 0.479. The van der Waals surface area contributed by atoms with E-state index in [0.29, 0.717) is 6.54 Å². The molecule has 0 saturated carbocycles. The quantitative estimate of drug-likeness (QED) is 0.633. The minimum atomic E-state index is -0.715. The fourth-order valence-corrected chi connectivity index (χ4v) is 0.713. The number of hydrogen-bond acceptors (Lipinski definition) is 3. The Labute approximate surface area is 59.5 Å². The van der Waals surface area contributed by atoms with Crippen LogP contribution in [0.25, 0.3) is 0 Å². The maximum atomic E-state index is 9.30. The zero-order chi connectivity index (χ0) is 7.61. The summed E-state index contributed by atoms with van der Waals surface area (Å²) in [5.74, 6) is 0. The minimum Gasteiger partial charge on any atom is -0.389 e. The predicted octanol–water partition coefficient (Wildman–Crippen LogP) is 0.0490. The van der Waals surface area contributed by atoms with Crippen LogP contribution in [0.1, 0.15) is 13.8 Å².